The van der Waals surface area contributed by atoms with Crippen LogP contribution in [-0.2, 0) is 0 Å². The lowest BCUT2D eigenvalue weighted by molar-refractivity contribution is 0.0681. The van der Waals surface area contributed by atoms with E-state index in [2.05, 4.69) is 12.0 Å². The van der Waals surface area contributed by atoms with Crippen LogP contribution in [0.2, 0.25) is 0 Å². The number of likely N-dealkylation sites (tertiary alicyclic amines) is 1. The van der Waals surface area contributed by atoms with E-state index in [-0.39, 0.29) is 5.91 Å². The average molecular weight is 297 g/mol. The molecule has 0 N–H and O–H groups in total. The monoisotopic (exact) mass is 297 g/mol. The van der Waals surface area contributed by atoms with E-state index in [0.29, 0.717) is 5.92 Å². The van der Waals surface area contributed by atoms with Crippen LogP contribution in [0, 0.1) is 19.8 Å². The Hall–Kier alpha value is -2.10. The summed E-state index contributed by atoms with van der Waals surface area (Å²) in [5.41, 5.74) is 3.49. The lowest BCUT2D eigenvalue weighted by Crippen LogP contribution is -2.39. The minimum absolute atomic E-state index is 0.128. The molecule has 1 aliphatic heterocycles. The normalized spacial score (nSPS) is 18.5. The van der Waals surface area contributed by atoms with Crippen LogP contribution < -0.4 is 0 Å². The molecule has 0 spiro atoms. The number of nitrogens with zero attached hydrogens (tertiary/aromatic N) is 3. The predicted molar refractivity (Wildman–Crippen MR) is 87.3 cm³/mol. The largest absolute Gasteiger partial charge is 0.338 e. The molecule has 0 saturated carbocycles. The van der Waals surface area contributed by atoms with Crippen molar-refractivity contribution in [2.45, 2.75) is 33.6 Å². The first-order chi connectivity index (χ1) is 10.6. The maximum atomic E-state index is 12.9. The van der Waals surface area contributed by atoms with Crippen LogP contribution >= 0.6 is 0 Å². The lowest BCUT2D eigenvalue weighted by Gasteiger charge is -2.31. The van der Waals surface area contributed by atoms with E-state index < -0.39 is 0 Å². The van der Waals surface area contributed by atoms with Gasteiger partial charge in [-0.3, -0.25) is 4.79 Å². The van der Waals surface area contributed by atoms with Crippen molar-refractivity contribution < 1.29 is 4.79 Å². The van der Waals surface area contributed by atoms with Crippen LogP contribution in [0.25, 0.3) is 5.69 Å². The SMILES string of the molecule is Cc1nn(-c2ccccc2)c(C)c1C(=O)N1CCCC(C)C1. The third-order valence-electron chi connectivity index (χ3n) is 4.45. The third kappa shape index (κ3) is 2.65. The number of piperidine rings is 1. The maximum Gasteiger partial charge on any atom is 0.257 e. The molecule has 0 aliphatic carbocycles. The van der Waals surface area contributed by atoms with Crippen LogP contribution in [0.15, 0.2) is 30.3 Å². The summed E-state index contributed by atoms with van der Waals surface area (Å²) in [6.07, 6.45) is 2.31. The van der Waals surface area contributed by atoms with Gasteiger partial charge in [-0.2, -0.15) is 5.10 Å². The van der Waals surface area contributed by atoms with Crippen molar-refractivity contribution in [2.75, 3.05) is 13.1 Å². The van der Waals surface area contributed by atoms with Gasteiger partial charge in [0.1, 0.15) is 0 Å². The summed E-state index contributed by atoms with van der Waals surface area (Å²) >= 11 is 0. The molecule has 0 bridgehead atoms. The second kappa shape index (κ2) is 5.95. The molecule has 1 aliphatic rings. The summed E-state index contributed by atoms with van der Waals surface area (Å²) in [6, 6.07) is 9.98. The summed E-state index contributed by atoms with van der Waals surface area (Å²) in [7, 11) is 0. The quantitative estimate of drug-likeness (QED) is 0.852. The fraction of sp³-hybridized carbons (Fsp3) is 0.444. The molecular weight excluding hydrogens is 274 g/mol. The third-order valence-corrected chi connectivity index (χ3v) is 4.45. The number of aryl methyl sites for hydroxylation is 1. The van der Waals surface area contributed by atoms with Crippen LogP contribution in [-0.4, -0.2) is 33.7 Å². The van der Waals surface area contributed by atoms with Crippen LogP contribution in [0.5, 0.6) is 0 Å². The number of benzene rings is 1. The molecule has 2 heterocycles. The van der Waals surface area contributed by atoms with Crippen molar-refractivity contribution in [3.63, 3.8) is 0 Å². The van der Waals surface area contributed by atoms with Crippen LogP contribution in [0.4, 0.5) is 0 Å². The number of carbonyl (C=O) groups is 1. The molecule has 0 radical (unpaired) electrons. The van der Waals surface area contributed by atoms with Crippen molar-refractivity contribution >= 4 is 5.91 Å². The van der Waals surface area contributed by atoms with Crippen molar-refractivity contribution in [1.29, 1.82) is 0 Å². The van der Waals surface area contributed by atoms with Gasteiger partial charge in [-0.25, -0.2) is 4.68 Å². The molecular formula is C18H23N3O. The molecule has 22 heavy (non-hydrogen) atoms. The van der Waals surface area contributed by atoms with Crippen LogP contribution in [0.1, 0.15) is 41.5 Å². The Kier molecular flexibility index (Phi) is 4.01. The van der Waals surface area contributed by atoms with E-state index >= 15 is 0 Å². The Morgan fingerprint density at radius 1 is 1.23 bits per heavy atom. The molecule has 1 atom stereocenters. The molecule has 2 aromatic rings. The Morgan fingerprint density at radius 3 is 2.64 bits per heavy atom. The van der Waals surface area contributed by atoms with Gasteiger partial charge in [0.2, 0.25) is 0 Å². The molecule has 3 rings (SSSR count). The average Bonchev–Trinajstić information content (AvgIpc) is 2.82. The van der Waals surface area contributed by atoms with Crippen molar-refractivity contribution in [1.82, 2.24) is 14.7 Å². The highest BCUT2D eigenvalue weighted by Gasteiger charge is 2.27. The number of carbonyl (C=O) groups excluding carboxylic acids is 1. The Morgan fingerprint density at radius 2 is 1.95 bits per heavy atom. The highest BCUT2D eigenvalue weighted by atomic mass is 16.2. The van der Waals surface area contributed by atoms with E-state index in [9.17, 15) is 4.79 Å². The Balaban J connectivity index is 1.94. The molecule has 1 amide bonds. The van der Waals surface area contributed by atoms with Gasteiger partial charge in [0.25, 0.3) is 5.91 Å². The minimum atomic E-state index is 0.128. The number of aromatic nitrogens is 2. The molecule has 1 aromatic carbocycles. The van der Waals surface area contributed by atoms with Gasteiger partial charge >= 0.3 is 0 Å². The van der Waals surface area contributed by atoms with E-state index in [1.165, 1.54) is 6.42 Å². The molecule has 4 heteroatoms. The van der Waals surface area contributed by atoms with Gasteiger partial charge in [-0.1, -0.05) is 25.1 Å². The van der Waals surface area contributed by atoms with Gasteiger partial charge in [-0.05, 0) is 44.7 Å². The zero-order valence-corrected chi connectivity index (χ0v) is 13.5. The fourth-order valence-corrected chi connectivity index (χ4v) is 3.30. The summed E-state index contributed by atoms with van der Waals surface area (Å²) < 4.78 is 1.87. The van der Waals surface area contributed by atoms with E-state index in [4.69, 9.17) is 0 Å². The molecule has 116 valence electrons. The first-order valence-electron chi connectivity index (χ1n) is 7.99. The van der Waals surface area contributed by atoms with Gasteiger partial charge in [-0.15, -0.1) is 0 Å². The van der Waals surface area contributed by atoms with Gasteiger partial charge in [0.15, 0.2) is 0 Å². The standard InChI is InChI=1S/C18H23N3O/c1-13-8-7-11-20(12-13)18(22)17-14(2)19-21(15(17)3)16-9-5-4-6-10-16/h4-6,9-10,13H,7-8,11-12H2,1-3H3. The molecule has 4 nitrogen and oxygen atoms in total. The minimum Gasteiger partial charge on any atom is -0.338 e. The highest BCUT2D eigenvalue weighted by molar-refractivity contribution is 5.96. The predicted octanol–water partition coefficient (Wildman–Crippen LogP) is 3.36. The van der Waals surface area contributed by atoms with Crippen molar-refractivity contribution in [2.24, 2.45) is 5.92 Å². The van der Waals surface area contributed by atoms with Crippen molar-refractivity contribution in [3.8, 4) is 5.69 Å². The van der Waals surface area contributed by atoms with Gasteiger partial charge < -0.3 is 4.90 Å². The van der Waals surface area contributed by atoms with Crippen LogP contribution in [0.3, 0.4) is 0 Å². The second-order valence-corrected chi connectivity index (χ2v) is 6.29. The Bertz CT molecular complexity index is 675. The smallest absolute Gasteiger partial charge is 0.257 e. The maximum absolute atomic E-state index is 12.9. The molecule has 1 aromatic heterocycles. The summed E-state index contributed by atoms with van der Waals surface area (Å²) in [4.78, 5) is 14.9. The first kappa shape index (κ1) is 14.8. The lowest BCUT2D eigenvalue weighted by atomic mass is 9.99. The van der Waals surface area contributed by atoms with Gasteiger partial charge in [0.05, 0.1) is 22.6 Å². The van der Waals surface area contributed by atoms with E-state index in [0.717, 1.165) is 42.1 Å². The van der Waals surface area contributed by atoms with E-state index in [1.807, 2.05) is 53.8 Å². The summed E-state index contributed by atoms with van der Waals surface area (Å²) in [5.74, 6) is 0.714. The summed E-state index contributed by atoms with van der Waals surface area (Å²) in [5, 5.41) is 4.58. The number of hydrogen-bond donors (Lipinski definition) is 0. The molecule has 1 unspecified atom stereocenters. The first-order valence-corrected chi connectivity index (χ1v) is 7.99. The van der Waals surface area contributed by atoms with Crippen molar-refractivity contribution in [3.05, 3.63) is 47.3 Å². The zero-order chi connectivity index (χ0) is 15.7. The molecule has 1 saturated heterocycles. The number of para-hydroxylation sites is 1. The fourth-order valence-electron chi connectivity index (χ4n) is 3.30. The number of amides is 1. The molecule has 1 fully saturated rings. The second-order valence-electron chi connectivity index (χ2n) is 6.29. The Labute approximate surface area is 131 Å². The van der Waals surface area contributed by atoms with Gasteiger partial charge in [0, 0.05) is 13.1 Å². The number of hydrogen-bond acceptors (Lipinski definition) is 2. The summed E-state index contributed by atoms with van der Waals surface area (Å²) in [6.45, 7) is 7.83. The van der Waals surface area contributed by atoms with E-state index in [1.54, 1.807) is 0 Å². The topological polar surface area (TPSA) is 38.1 Å². The zero-order valence-electron chi connectivity index (χ0n) is 13.5. The number of rotatable bonds is 2. The highest BCUT2D eigenvalue weighted by Crippen LogP contribution is 2.23.